The molecule has 0 atom stereocenters. The van der Waals surface area contributed by atoms with E-state index < -0.39 is 23.8 Å². The van der Waals surface area contributed by atoms with Gasteiger partial charge >= 0.3 is 230 Å². The zero-order chi connectivity index (χ0) is 26.0. The van der Waals surface area contributed by atoms with E-state index in [0.29, 0.717) is 0 Å². The SMILES string of the molecule is CCC[CH2][Sn]([CH2]CCC)([CH2]CCC)[c]1ccc(C(c2ccccc2)(c2ccccc2)c2ncc[nH]2)cc1. The fourth-order valence-electron chi connectivity index (χ4n) is 6.18. The molecule has 3 aromatic carbocycles. The van der Waals surface area contributed by atoms with Crippen molar-refractivity contribution in [1.82, 2.24) is 9.97 Å². The molecule has 3 heteroatoms. The third kappa shape index (κ3) is 5.90. The Kier molecular flexibility index (Phi) is 10.1. The minimum atomic E-state index is -2.50. The van der Waals surface area contributed by atoms with E-state index in [9.17, 15) is 0 Å². The predicted octanol–water partition coefficient (Wildman–Crippen LogP) is 8.85. The number of unbranched alkanes of at least 4 members (excludes halogenated alkanes) is 3. The van der Waals surface area contributed by atoms with Crippen LogP contribution in [0.4, 0.5) is 0 Å². The van der Waals surface area contributed by atoms with E-state index in [-0.39, 0.29) is 0 Å². The Morgan fingerprint density at radius 1 is 0.622 bits per heavy atom. The number of aromatic nitrogens is 2. The predicted molar refractivity (Wildman–Crippen MR) is 161 cm³/mol. The van der Waals surface area contributed by atoms with Gasteiger partial charge in [-0.15, -0.1) is 0 Å². The van der Waals surface area contributed by atoms with Crippen LogP contribution in [0.2, 0.25) is 13.3 Å². The zero-order valence-corrected chi connectivity index (χ0v) is 25.9. The number of nitrogens with zero attached hydrogens (tertiary/aromatic N) is 1. The van der Waals surface area contributed by atoms with Crippen LogP contribution in [-0.4, -0.2) is 28.3 Å². The molecule has 1 N–H and O–H groups in total. The van der Waals surface area contributed by atoms with Gasteiger partial charge in [0, 0.05) is 0 Å². The average molecular weight is 599 g/mol. The molecule has 37 heavy (non-hydrogen) atoms. The molecule has 0 bridgehead atoms. The first-order valence-corrected chi connectivity index (χ1v) is 21.9. The van der Waals surface area contributed by atoms with Crippen molar-refractivity contribution in [1.29, 1.82) is 0 Å². The van der Waals surface area contributed by atoms with Gasteiger partial charge in [0.1, 0.15) is 0 Å². The quantitative estimate of drug-likeness (QED) is 0.114. The van der Waals surface area contributed by atoms with E-state index in [1.165, 1.54) is 68.5 Å². The fraction of sp³-hybridized carbons (Fsp3) is 0.382. The van der Waals surface area contributed by atoms with Gasteiger partial charge in [0.05, 0.1) is 0 Å². The molecule has 1 aromatic heterocycles. The Morgan fingerprint density at radius 2 is 1.08 bits per heavy atom. The number of H-pyrrole nitrogens is 1. The molecule has 0 radical (unpaired) electrons. The summed E-state index contributed by atoms with van der Waals surface area (Å²) in [5.74, 6) is 0.968. The maximum absolute atomic E-state index is 4.87. The van der Waals surface area contributed by atoms with Gasteiger partial charge in [-0.25, -0.2) is 0 Å². The average Bonchev–Trinajstić information content (AvgIpc) is 3.50. The van der Waals surface area contributed by atoms with Gasteiger partial charge < -0.3 is 0 Å². The summed E-state index contributed by atoms with van der Waals surface area (Å²) < 4.78 is 6.20. The summed E-state index contributed by atoms with van der Waals surface area (Å²) in [5.41, 5.74) is 3.27. The van der Waals surface area contributed by atoms with Gasteiger partial charge in [-0.3, -0.25) is 0 Å². The van der Waals surface area contributed by atoms with Crippen LogP contribution in [0.5, 0.6) is 0 Å². The molecule has 0 aliphatic carbocycles. The number of nitrogens with one attached hydrogen (secondary N) is 1. The van der Waals surface area contributed by atoms with Crippen LogP contribution in [-0.2, 0) is 5.41 Å². The second kappa shape index (κ2) is 13.5. The Morgan fingerprint density at radius 3 is 1.49 bits per heavy atom. The maximum atomic E-state index is 4.87. The van der Waals surface area contributed by atoms with Crippen LogP contribution < -0.4 is 3.58 Å². The first-order chi connectivity index (χ1) is 18.2. The molecule has 194 valence electrons. The first kappa shape index (κ1) is 27.7. The molecule has 0 saturated carbocycles. The molecule has 0 aliphatic rings. The number of imidazole rings is 1. The fourth-order valence-corrected chi connectivity index (χ4v) is 22.1. The van der Waals surface area contributed by atoms with Crippen molar-refractivity contribution in [3.8, 4) is 0 Å². The van der Waals surface area contributed by atoms with E-state index in [0.717, 1.165) is 5.82 Å². The van der Waals surface area contributed by atoms with E-state index in [1.54, 1.807) is 3.58 Å². The molecule has 0 spiro atoms. The van der Waals surface area contributed by atoms with E-state index in [1.807, 2.05) is 12.4 Å². The van der Waals surface area contributed by atoms with Crippen molar-refractivity contribution in [3.63, 3.8) is 0 Å². The van der Waals surface area contributed by atoms with Gasteiger partial charge in [-0.2, -0.15) is 0 Å². The molecule has 4 aromatic rings. The molecule has 0 fully saturated rings. The topological polar surface area (TPSA) is 28.7 Å². The zero-order valence-electron chi connectivity index (χ0n) is 23.0. The Hall–Kier alpha value is -2.33. The molecular formula is C34H44N2Sn. The molecule has 2 nitrogen and oxygen atoms in total. The number of hydrogen-bond donors (Lipinski definition) is 1. The van der Waals surface area contributed by atoms with Crippen molar-refractivity contribution in [2.75, 3.05) is 0 Å². The first-order valence-electron chi connectivity index (χ1n) is 14.4. The number of benzene rings is 3. The van der Waals surface area contributed by atoms with Crippen LogP contribution in [0.3, 0.4) is 0 Å². The monoisotopic (exact) mass is 600 g/mol. The van der Waals surface area contributed by atoms with E-state index in [2.05, 4.69) is 111 Å². The molecule has 0 saturated heterocycles. The second-order valence-electron chi connectivity index (χ2n) is 10.6. The summed E-state index contributed by atoms with van der Waals surface area (Å²) in [6.07, 6.45) is 11.9. The van der Waals surface area contributed by atoms with Crippen molar-refractivity contribution >= 4 is 22.0 Å². The molecule has 0 amide bonds. The summed E-state index contributed by atoms with van der Waals surface area (Å²) in [6.45, 7) is 7.07. The molecule has 1 heterocycles. The summed E-state index contributed by atoms with van der Waals surface area (Å²) in [5, 5.41) is 0. The Bertz CT molecular complexity index is 1110. The van der Waals surface area contributed by atoms with Crippen LogP contribution in [0.25, 0.3) is 0 Å². The van der Waals surface area contributed by atoms with E-state index >= 15 is 0 Å². The van der Waals surface area contributed by atoms with Crippen LogP contribution in [0, 0.1) is 0 Å². The van der Waals surface area contributed by atoms with Gasteiger partial charge in [-0.1, -0.05) is 0 Å². The third-order valence-electron chi connectivity index (χ3n) is 8.22. The second-order valence-corrected chi connectivity index (χ2v) is 23.8. The Balaban J connectivity index is 1.89. The minimum absolute atomic E-state index is 0.487. The summed E-state index contributed by atoms with van der Waals surface area (Å²) in [4.78, 5) is 8.37. The van der Waals surface area contributed by atoms with Gasteiger partial charge in [0.25, 0.3) is 0 Å². The summed E-state index contributed by atoms with van der Waals surface area (Å²) in [7, 11) is 0. The van der Waals surface area contributed by atoms with Gasteiger partial charge in [-0.05, 0) is 0 Å². The number of hydrogen-bond acceptors (Lipinski definition) is 1. The van der Waals surface area contributed by atoms with Crippen molar-refractivity contribution in [2.45, 2.75) is 78.0 Å². The molecule has 4 rings (SSSR count). The van der Waals surface area contributed by atoms with Crippen molar-refractivity contribution < 1.29 is 0 Å². The molecule has 0 aliphatic heterocycles. The number of aromatic amines is 1. The van der Waals surface area contributed by atoms with Crippen molar-refractivity contribution in [3.05, 3.63) is 120 Å². The van der Waals surface area contributed by atoms with Crippen LogP contribution in [0.15, 0.2) is 97.3 Å². The van der Waals surface area contributed by atoms with Crippen molar-refractivity contribution in [2.24, 2.45) is 0 Å². The third-order valence-corrected chi connectivity index (χ3v) is 23.9. The normalized spacial score (nSPS) is 12.1. The van der Waals surface area contributed by atoms with Gasteiger partial charge in [0.2, 0.25) is 0 Å². The Labute approximate surface area is 228 Å². The summed E-state index contributed by atoms with van der Waals surface area (Å²) in [6, 6.07) is 31.7. The van der Waals surface area contributed by atoms with Crippen LogP contribution >= 0.6 is 0 Å². The summed E-state index contributed by atoms with van der Waals surface area (Å²) >= 11 is -2.50. The van der Waals surface area contributed by atoms with E-state index in [4.69, 9.17) is 4.98 Å². The molecular weight excluding hydrogens is 555 g/mol. The van der Waals surface area contributed by atoms with Gasteiger partial charge in [0.15, 0.2) is 0 Å². The number of rotatable bonds is 14. The standard InChI is InChI=1S/C22H17N2.3C4H9.Sn/c1-4-10-18(11-5-1)22(21-23-16-17-24-21,19-12-6-2-7-13-19)20-14-8-3-9-15-20;3*1-3-4-2;/h1-2,4-17H,(H,23,24);3*1,3-4H2,2H3;. The van der Waals surface area contributed by atoms with Crippen LogP contribution in [0.1, 0.15) is 81.8 Å². The molecule has 0 unspecified atom stereocenters.